The van der Waals surface area contributed by atoms with Crippen molar-refractivity contribution in [2.45, 2.75) is 91.9 Å². The van der Waals surface area contributed by atoms with E-state index in [-0.39, 0.29) is 13.2 Å². The van der Waals surface area contributed by atoms with Crippen molar-refractivity contribution in [2.24, 2.45) is 0 Å². The molecular formula is C26H46O6S2. The number of hydrogen-bond acceptors (Lipinski definition) is 6. The highest BCUT2D eigenvalue weighted by Gasteiger charge is 2.02. The first kappa shape index (κ1) is 32.8. The predicted molar refractivity (Wildman–Crippen MR) is 143 cm³/mol. The highest BCUT2D eigenvalue weighted by Crippen LogP contribution is 2.14. The van der Waals surface area contributed by atoms with Crippen LogP contribution in [0, 0.1) is 0 Å². The Kier molecular flexibility index (Phi) is 17.5. The van der Waals surface area contributed by atoms with Crippen LogP contribution < -0.4 is 0 Å². The minimum atomic E-state index is -3.34. The summed E-state index contributed by atoms with van der Waals surface area (Å²) in [6.45, 7) is 9.01. The number of hydrogen-bond donors (Lipinski definition) is 0. The zero-order valence-corrected chi connectivity index (χ0v) is 23.7. The second-order valence-electron chi connectivity index (χ2n) is 9.12. The molecule has 0 bridgehead atoms. The average Bonchev–Trinajstić information content (AvgIpc) is 2.70. The van der Waals surface area contributed by atoms with Gasteiger partial charge in [-0.15, -0.1) is 0 Å². The highest BCUT2D eigenvalue weighted by molar-refractivity contribution is 7.86. The molecule has 0 rings (SSSR count). The maximum absolute atomic E-state index is 10.9. The molecule has 0 aliphatic rings. The summed E-state index contributed by atoms with van der Waals surface area (Å²) in [6.07, 6.45) is 20.6. The van der Waals surface area contributed by atoms with Gasteiger partial charge in [0.15, 0.2) is 0 Å². The van der Waals surface area contributed by atoms with E-state index in [1.165, 1.54) is 22.3 Å². The SMILES string of the molecule is CC(=CCCC=C(C)CCCOS(C)(=O)=O)CCC=C(C)CCC=C(C)CCCOS(C)(=O)=O. The molecule has 0 aliphatic carbocycles. The molecule has 0 aromatic rings. The third kappa shape index (κ3) is 23.9. The van der Waals surface area contributed by atoms with Gasteiger partial charge < -0.3 is 0 Å². The van der Waals surface area contributed by atoms with E-state index in [0.717, 1.165) is 63.9 Å². The fourth-order valence-corrected chi connectivity index (χ4v) is 4.12. The van der Waals surface area contributed by atoms with Crippen LogP contribution in [0.1, 0.15) is 91.9 Å². The van der Waals surface area contributed by atoms with Gasteiger partial charge in [-0.25, -0.2) is 0 Å². The summed E-state index contributed by atoms with van der Waals surface area (Å²) < 4.78 is 53.3. The van der Waals surface area contributed by atoms with Gasteiger partial charge in [-0.3, -0.25) is 8.37 Å². The molecule has 0 fully saturated rings. The first-order valence-corrected chi connectivity index (χ1v) is 15.7. The van der Waals surface area contributed by atoms with Crippen LogP contribution in [0.4, 0.5) is 0 Å². The predicted octanol–water partition coefficient (Wildman–Crippen LogP) is 6.63. The standard InChI is InChI=1S/C26H46O6S2/c1-23(13-7-8-14-24(2)19-11-21-31-33(5,27)28)15-9-16-25(3)17-10-18-26(4)20-12-22-32-34(6,29)30/h13-14,16,18H,7-12,15,17,19-22H2,1-6H3. The van der Waals surface area contributed by atoms with Gasteiger partial charge in [-0.2, -0.15) is 16.8 Å². The van der Waals surface area contributed by atoms with Gasteiger partial charge >= 0.3 is 0 Å². The van der Waals surface area contributed by atoms with Gasteiger partial charge in [0.2, 0.25) is 0 Å². The molecule has 0 heterocycles. The lowest BCUT2D eigenvalue weighted by atomic mass is 10.0. The van der Waals surface area contributed by atoms with E-state index in [1.54, 1.807) is 0 Å². The molecule has 0 aromatic carbocycles. The van der Waals surface area contributed by atoms with Crippen molar-refractivity contribution in [3.63, 3.8) is 0 Å². The molecule has 0 unspecified atom stereocenters. The molecule has 0 saturated heterocycles. The Morgan fingerprint density at radius 2 is 0.824 bits per heavy atom. The van der Waals surface area contributed by atoms with Crippen molar-refractivity contribution in [3.8, 4) is 0 Å². The Bertz CT molecular complexity index is 907. The smallest absolute Gasteiger partial charge is 0.264 e. The maximum Gasteiger partial charge on any atom is 0.264 e. The molecular weight excluding hydrogens is 472 g/mol. The van der Waals surface area contributed by atoms with Crippen molar-refractivity contribution in [2.75, 3.05) is 25.7 Å². The first-order chi connectivity index (χ1) is 15.8. The molecule has 34 heavy (non-hydrogen) atoms. The zero-order valence-electron chi connectivity index (χ0n) is 22.1. The Morgan fingerprint density at radius 3 is 1.15 bits per heavy atom. The Balaban J connectivity index is 4.03. The summed E-state index contributed by atoms with van der Waals surface area (Å²) in [7, 11) is -6.67. The highest BCUT2D eigenvalue weighted by atomic mass is 32.2. The molecule has 0 atom stereocenters. The average molecular weight is 519 g/mol. The molecule has 0 N–H and O–H groups in total. The number of rotatable bonds is 19. The second kappa shape index (κ2) is 18.1. The number of allylic oxidation sites excluding steroid dienone is 8. The van der Waals surface area contributed by atoms with Crippen molar-refractivity contribution in [3.05, 3.63) is 46.6 Å². The van der Waals surface area contributed by atoms with Gasteiger partial charge in [-0.05, 0) is 91.9 Å². The van der Waals surface area contributed by atoms with Crippen molar-refractivity contribution >= 4 is 20.2 Å². The van der Waals surface area contributed by atoms with E-state index in [4.69, 9.17) is 8.37 Å². The normalized spacial score (nSPS) is 14.6. The lowest BCUT2D eigenvalue weighted by Crippen LogP contribution is -2.04. The van der Waals surface area contributed by atoms with Gasteiger partial charge in [0.1, 0.15) is 0 Å². The van der Waals surface area contributed by atoms with Crippen LogP contribution in [0.25, 0.3) is 0 Å². The molecule has 0 radical (unpaired) electrons. The summed E-state index contributed by atoms with van der Waals surface area (Å²) >= 11 is 0. The van der Waals surface area contributed by atoms with Gasteiger partial charge in [-0.1, -0.05) is 46.6 Å². The quantitative estimate of drug-likeness (QED) is 0.108. The monoisotopic (exact) mass is 518 g/mol. The Labute approximate surface area is 209 Å². The van der Waals surface area contributed by atoms with Crippen LogP contribution in [-0.2, 0) is 28.6 Å². The van der Waals surface area contributed by atoms with Gasteiger partial charge in [0, 0.05) is 0 Å². The zero-order chi connectivity index (χ0) is 26.0. The van der Waals surface area contributed by atoms with Crippen molar-refractivity contribution in [1.29, 1.82) is 0 Å². The van der Waals surface area contributed by atoms with Crippen LogP contribution in [0.2, 0.25) is 0 Å². The van der Waals surface area contributed by atoms with E-state index >= 15 is 0 Å². The first-order valence-electron chi connectivity index (χ1n) is 12.1. The van der Waals surface area contributed by atoms with E-state index in [0.29, 0.717) is 12.8 Å². The van der Waals surface area contributed by atoms with E-state index < -0.39 is 20.2 Å². The third-order valence-corrected chi connectivity index (χ3v) is 6.43. The molecule has 6 nitrogen and oxygen atoms in total. The molecule has 0 amide bonds. The van der Waals surface area contributed by atoms with Crippen LogP contribution in [0.5, 0.6) is 0 Å². The molecule has 0 aliphatic heterocycles. The summed E-state index contributed by atoms with van der Waals surface area (Å²) in [5.74, 6) is 0. The maximum atomic E-state index is 10.9. The summed E-state index contributed by atoms with van der Waals surface area (Å²) in [5, 5.41) is 0. The van der Waals surface area contributed by atoms with E-state index in [9.17, 15) is 16.8 Å². The summed E-state index contributed by atoms with van der Waals surface area (Å²) in [5.41, 5.74) is 5.35. The summed E-state index contributed by atoms with van der Waals surface area (Å²) in [6, 6.07) is 0. The molecule has 8 heteroatoms. The Hall–Kier alpha value is -1.22. The largest absolute Gasteiger partial charge is 0.270 e. The van der Waals surface area contributed by atoms with E-state index in [2.05, 4.69) is 52.0 Å². The number of unbranched alkanes of at least 4 members (excludes halogenated alkanes) is 1. The van der Waals surface area contributed by atoms with Crippen LogP contribution in [0.3, 0.4) is 0 Å². The minimum Gasteiger partial charge on any atom is -0.270 e. The summed E-state index contributed by atoms with van der Waals surface area (Å²) in [4.78, 5) is 0. The van der Waals surface area contributed by atoms with Crippen LogP contribution >= 0.6 is 0 Å². The van der Waals surface area contributed by atoms with Gasteiger partial charge in [0.25, 0.3) is 20.2 Å². The lowest BCUT2D eigenvalue weighted by molar-refractivity contribution is 0.315. The second-order valence-corrected chi connectivity index (χ2v) is 12.4. The van der Waals surface area contributed by atoms with E-state index in [1.807, 2.05) is 0 Å². The van der Waals surface area contributed by atoms with Crippen molar-refractivity contribution < 1.29 is 25.2 Å². The lowest BCUT2D eigenvalue weighted by Gasteiger charge is -2.04. The minimum absolute atomic E-state index is 0.244. The van der Waals surface area contributed by atoms with Crippen LogP contribution in [0.15, 0.2) is 46.6 Å². The Morgan fingerprint density at radius 1 is 0.529 bits per heavy atom. The molecule has 198 valence electrons. The molecule has 0 spiro atoms. The fourth-order valence-electron chi connectivity index (χ4n) is 3.28. The molecule has 0 saturated carbocycles. The topological polar surface area (TPSA) is 86.7 Å². The van der Waals surface area contributed by atoms with Crippen LogP contribution in [-0.4, -0.2) is 42.6 Å². The van der Waals surface area contributed by atoms with Crippen molar-refractivity contribution in [1.82, 2.24) is 0 Å². The third-order valence-electron chi connectivity index (χ3n) is 5.24. The van der Waals surface area contributed by atoms with Gasteiger partial charge in [0.05, 0.1) is 25.7 Å². The fraction of sp³-hybridized carbons (Fsp3) is 0.692. The molecule has 0 aromatic heterocycles.